The maximum absolute atomic E-state index is 12.6. The van der Waals surface area contributed by atoms with Crippen LogP contribution in [0.4, 0.5) is 0 Å². The zero-order valence-corrected chi connectivity index (χ0v) is 15.6. The van der Waals surface area contributed by atoms with Crippen LogP contribution in [0.25, 0.3) is 5.69 Å². The number of rotatable bonds is 4. The lowest BCUT2D eigenvalue weighted by atomic mass is 9.95. The summed E-state index contributed by atoms with van der Waals surface area (Å²) in [6.07, 6.45) is 7.84. The van der Waals surface area contributed by atoms with Crippen LogP contribution >= 0.6 is 0 Å². The first-order valence-corrected chi connectivity index (χ1v) is 9.86. The van der Waals surface area contributed by atoms with Crippen molar-refractivity contribution in [3.63, 3.8) is 0 Å². The number of aromatic nitrogens is 2. The van der Waals surface area contributed by atoms with E-state index in [4.69, 9.17) is 0 Å². The molecule has 2 aliphatic rings. The highest BCUT2D eigenvalue weighted by Gasteiger charge is 2.31. The third-order valence-corrected chi connectivity index (χ3v) is 5.63. The fraction of sp³-hybridized carbons (Fsp3) is 0.476. The monoisotopic (exact) mass is 366 g/mol. The molecule has 3 heterocycles. The SMILES string of the molecule is O=C(Cc1cnn(-c2ccccc2)c1)N1CCC(C(=O)N2CCCC2)CC1. The maximum atomic E-state index is 12.6. The second-order valence-corrected chi connectivity index (χ2v) is 7.49. The molecular weight excluding hydrogens is 340 g/mol. The minimum atomic E-state index is 0.0907. The molecule has 0 N–H and O–H groups in total. The van der Waals surface area contributed by atoms with Crippen LogP contribution in [0.15, 0.2) is 42.7 Å². The number of piperidine rings is 1. The van der Waals surface area contributed by atoms with Gasteiger partial charge in [-0.15, -0.1) is 0 Å². The van der Waals surface area contributed by atoms with E-state index in [1.807, 2.05) is 46.3 Å². The van der Waals surface area contributed by atoms with Gasteiger partial charge in [0.15, 0.2) is 0 Å². The number of hydrogen-bond donors (Lipinski definition) is 0. The molecule has 6 heteroatoms. The molecule has 4 rings (SSSR count). The first-order valence-electron chi connectivity index (χ1n) is 9.86. The number of nitrogens with zero attached hydrogens (tertiary/aromatic N) is 4. The Morgan fingerprint density at radius 1 is 0.963 bits per heavy atom. The van der Waals surface area contributed by atoms with Crippen LogP contribution in [-0.2, 0) is 16.0 Å². The van der Waals surface area contributed by atoms with Crippen molar-refractivity contribution in [2.24, 2.45) is 5.92 Å². The Bertz CT molecular complexity index is 788. The van der Waals surface area contributed by atoms with Gasteiger partial charge in [-0.3, -0.25) is 9.59 Å². The van der Waals surface area contributed by atoms with Gasteiger partial charge in [0.05, 0.1) is 18.3 Å². The summed E-state index contributed by atoms with van der Waals surface area (Å²) in [5.41, 5.74) is 1.90. The number of likely N-dealkylation sites (tertiary alicyclic amines) is 2. The number of carbonyl (C=O) groups is 2. The van der Waals surface area contributed by atoms with Gasteiger partial charge < -0.3 is 9.80 Å². The van der Waals surface area contributed by atoms with Crippen molar-refractivity contribution in [1.29, 1.82) is 0 Å². The average Bonchev–Trinajstić information content (AvgIpc) is 3.40. The van der Waals surface area contributed by atoms with Crippen molar-refractivity contribution in [2.45, 2.75) is 32.1 Å². The van der Waals surface area contributed by atoms with Gasteiger partial charge in [-0.1, -0.05) is 18.2 Å². The fourth-order valence-corrected chi connectivity index (χ4v) is 4.03. The highest BCUT2D eigenvalue weighted by Crippen LogP contribution is 2.22. The lowest BCUT2D eigenvalue weighted by Gasteiger charge is -2.33. The van der Waals surface area contributed by atoms with E-state index >= 15 is 0 Å². The summed E-state index contributed by atoms with van der Waals surface area (Å²) in [7, 11) is 0. The molecule has 2 amide bonds. The Balaban J connectivity index is 1.30. The molecule has 0 unspecified atom stereocenters. The number of para-hydroxylation sites is 1. The second-order valence-electron chi connectivity index (χ2n) is 7.49. The Hall–Kier alpha value is -2.63. The molecule has 27 heavy (non-hydrogen) atoms. The highest BCUT2D eigenvalue weighted by molar-refractivity contribution is 5.81. The van der Waals surface area contributed by atoms with Gasteiger partial charge in [0, 0.05) is 38.3 Å². The van der Waals surface area contributed by atoms with Crippen LogP contribution in [0.3, 0.4) is 0 Å². The summed E-state index contributed by atoms with van der Waals surface area (Å²) < 4.78 is 1.80. The van der Waals surface area contributed by atoms with Gasteiger partial charge in [0.25, 0.3) is 0 Å². The van der Waals surface area contributed by atoms with E-state index in [0.717, 1.165) is 50.0 Å². The molecular formula is C21H26N4O2. The van der Waals surface area contributed by atoms with Gasteiger partial charge in [0.1, 0.15) is 0 Å². The van der Waals surface area contributed by atoms with Crippen LogP contribution in [-0.4, -0.2) is 57.6 Å². The summed E-state index contributed by atoms with van der Waals surface area (Å²) in [6.45, 7) is 3.17. The standard InChI is InChI=1S/C21H26N4O2/c26-20(14-17-15-22-25(16-17)19-6-2-1-3-7-19)23-12-8-18(9-13-23)21(27)24-10-4-5-11-24/h1-3,6-7,15-16,18H,4-5,8-14H2. The topological polar surface area (TPSA) is 58.4 Å². The summed E-state index contributed by atoms with van der Waals surface area (Å²) in [6, 6.07) is 9.88. The van der Waals surface area contributed by atoms with Crippen LogP contribution in [0.5, 0.6) is 0 Å². The zero-order chi connectivity index (χ0) is 18.6. The molecule has 6 nitrogen and oxygen atoms in total. The summed E-state index contributed by atoms with van der Waals surface area (Å²) in [5, 5.41) is 4.36. The molecule has 0 spiro atoms. The number of amides is 2. The second kappa shape index (κ2) is 7.94. The van der Waals surface area contributed by atoms with Crippen molar-refractivity contribution >= 4 is 11.8 Å². The molecule has 2 fully saturated rings. The molecule has 1 aromatic carbocycles. The van der Waals surface area contributed by atoms with Crippen LogP contribution in [0.2, 0.25) is 0 Å². The zero-order valence-electron chi connectivity index (χ0n) is 15.6. The number of hydrogen-bond acceptors (Lipinski definition) is 3. The van der Waals surface area contributed by atoms with E-state index < -0.39 is 0 Å². The van der Waals surface area contributed by atoms with Gasteiger partial charge in [0.2, 0.25) is 11.8 Å². The van der Waals surface area contributed by atoms with Crippen molar-refractivity contribution in [3.05, 3.63) is 48.3 Å². The summed E-state index contributed by atoms with van der Waals surface area (Å²) >= 11 is 0. The molecule has 1 aromatic heterocycles. The van der Waals surface area contributed by atoms with Crippen molar-refractivity contribution in [1.82, 2.24) is 19.6 Å². The fourth-order valence-electron chi connectivity index (χ4n) is 4.03. The number of carbonyl (C=O) groups excluding carboxylic acids is 2. The molecule has 0 saturated carbocycles. The predicted molar refractivity (Wildman–Crippen MR) is 102 cm³/mol. The summed E-state index contributed by atoms with van der Waals surface area (Å²) in [5.74, 6) is 0.506. The normalized spacial score (nSPS) is 18.1. The Kier molecular flexibility index (Phi) is 5.23. The third-order valence-electron chi connectivity index (χ3n) is 5.63. The minimum Gasteiger partial charge on any atom is -0.342 e. The van der Waals surface area contributed by atoms with Crippen LogP contribution < -0.4 is 0 Å². The van der Waals surface area contributed by atoms with E-state index in [9.17, 15) is 9.59 Å². The number of benzene rings is 1. The molecule has 0 aliphatic carbocycles. The van der Waals surface area contributed by atoms with Crippen LogP contribution in [0, 0.1) is 5.92 Å². The lowest BCUT2D eigenvalue weighted by Crippen LogP contribution is -2.44. The Morgan fingerprint density at radius 2 is 1.67 bits per heavy atom. The van der Waals surface area contributed by atoms with E-state index in [1.54, 1.807) is 10.9 Å². The molecule has 0 bridgehead atoms. The maximum Gasteiger partial charge on any atom is 0.227 e. The molecule has 0 atom stereocenters. The largest absolute Gasteiger partial charge is 0.342 e. The minimum absolute atomic E-state index is 0.0907. The molecule has 2 saturated heterocycles. The van der Waals surface area contributed by atoms with Gasteiger partial charge >= 0.3 is 0 Å². The third kappa shape index (κ3) is 4.04. The van der Waals surface area contributed by atoms with Crippen LogP contribution in [0.1, 0.15) is 31.2 Å². The Labute approximate surface area is 159 Å². The molecule has 142 valence electrons. The van der Waals surface area contributed by atoms with E-state index in [1.165, 1.54) is 0 Å². The van der Waals surface area contributed by atoms with Gasteiger partial charge in [-0.05, 0) is 43.4 Å². The molecule has 2 aliphatic heterocycles. The van der Waals surface area contributed by atoms with E-state index in [-0.39, 0.29) is 11.8 Å². The van der Waals surface area contributed by atoms with Crippen molar-refractivity contribution in [3.8, 4) is 5.69 Å². The predicted octanol–water partition coefficient (Wildman–Crippen LogP) is 2.28. The van der Waals surface area contributed by atoms with E-state index in [0.29, 0.717) is 25.4 Å². The van der Waals surface area contributed by atoms with Gasteiger partial charge in [-0.25, -0.2) is 4.68 Å². The van der Waals surface area contributed by atoms with Crippen molar-refractivity contribution < 1.29 is 9.59 Å². The molecule has 0 radical (unpaired) electrons. The first kappa shape index (κ1) is 17.8. The lowest BCUT2D eigenvalue weighted by molar-refractivity contribution is -0.139. The molecule has 2 aromatic rings. The first-order chi connectivity index (χ1) is 13.2. The van der Waals surface area contributed by atoms with E-state index in [2.05, 4.69) is 5.10 Å². The Morgan fingerprint density at radius 3 is 2.37 bits per heavy atom. The quantitative estimate of drug-likeness (QED) is 0.834. The average molecular weight is 366 g/mol. The van der Waals surface area contributed by atoms with Gasteiger partial charge in [-0.2, -0.15) is 5.10 Å². The van der Waals surface area contributed by atoms with Crippen molar-refractivity contribution in [2.75, 3.05) is 26.2 Å². The smallest absolute Gasteiger partial charge is 0.227 e. The summed E-state index contributed by atoms with van der Waals surface area (Å²) in [4.78, 5) is 29.1. The highest BCUT2D eigenvalue weighted by atomic mass is 16.2.